The summed E-state index contributed by atoms with van der Waals surface area (Å²) in [6.45, 7) is 4.99. The number of nitrogens with zero attached hydrogens (tertiary/aromatic N) is 4. The van der Waals surface area contributed by atoms with Crippen molar-refractivity contribution in [3.05, 3.63) is 12.2 Å². The molecule has 1 atom stereocenters. The maximum absolute atomic E-state index is 12.0. The van der Waals surface area contributed by atoms with Gasteiger partial charge in [0.1, 0.15) is 12.4 Å². The Morgan fingerprint density at radius 1 is 1.42 bits per heavy atom. The smallest absolute Gasteiger partial charge is 0.326 e. The summed E-state index contributed by atoms with van der Waals surface area (Å²) in [4.78, 5) is 24.6. The number of hydrogen-bond acceptors (Lipinski definition) is 4. The molecule has 0 unspecified atom stereocenters. The molecule has 0 fully saturated rings. The van der Waals surface area contributed by atoms with E-state index in [1.807, 2.05) is 4.57 Å². The van der Waals surface area contributed by atoms with Gasteiger partial charge >= 0.3 is 12.0 Å². The van der Waals surface area contributed by atoms with Gasteiger partial charge in [-0.15, -0.1) is 10.2 Å². The minimum absolute atomic E-state index is 0.171. The summed E-state index contributed by atoms with van der Waals surface area (Å²) in [5.74, 6) is -0.490. The van der Waals surface area contributed by atoms with Crippen molar-refractivity contribution >= 4 is 12.0 Å². The van der Waals surface area contributed by atoms with Crippen LogP contribution >= 0.6 is 0 Å². The van der Waals surface area contributed by atoms with Crippen molar-refractivity contribution in [3.63, 3.8) is 0 Å². The average molecular weight is 267 g/mol. The lowest BCUT2D eigenvalue weighted by molar-refractivity contribution is -0.140. The van der Waals surface area contributed by atoms with Crippen LogP contribution in [0.1, 0.15) is 19.7 Å². The van der Waals surface area contributed by atoms with E-state index >= 15 is 0 Å². The standard InChI is InChI=1S/C11H17N5O3/c1-7(2)9(10(17)18)13-11(19)15-3-4-16-6-12-14-8(16)5-15/h6-7,9H,3-5H2,1-2H3,(H,13,19)(H,17,18)/t9-/m0/s1. The number of carboxylic acids is 1. The topological polar surface area (TPSA) is 100 Å². The third-order valence-electron chi connectivity index (χ3n) is 3.14. The highest BCUT2D eigenvalue weighted by Gasteiger charge is 2.28. The van der Waals surface area contributed by atoms with Crippen LogP contribution < -0.4 is 5.32 Å². The highest BCUT2D eigenvalue weighted by Crippen LogP contribution is 2.10. The van der Waals surface area contributed by atoms with Crippen molar-refractivity contribution in [2.24, 2.45) is 5.92 Å². The molecule has 1 aliphatic rings. The minimum Gasteiger partial charge on any atom is -0.480 e. The first-order valence-corrected chi connectivity index (χ1v) is 6.14. The number of rotatable bonds is 3. The molecule has 0 bridgehead atoms. The number of carboxylic acid groups (broad SMARTS) is 1. The zero-order valence-electron chi connectivity index (χ0n) is 10.9. The van der Waals surface area contributed by atoms with Gasteiger partial charge in [-0.05, 0) is 5.92 Å². The van der Waals surface area contributed by atoms with Gasteiger partial charge in [-0.2, -0.15) is 0 Å². The number of urea groups is 1. The molecule has 2 heterocycles. The first kappa shape index (κ1) is 13.3. The SMILES string of the molecule is CC(C)[C@H](NC(=O)N1CCn2cnnc2C1)C(=O)O. The predicted octanol–water partition coefficient (Wildman–Crippen LogP) is -0.0875. The number of fused-ring (bicyclic) bond motifs is 1. The molecule has 0 radical (unpaired) electrons. The van der Waals surface area contributed by atoms with Crippen molar-refractivity contribution in [2.75, 3.05) is 6.54 Å². The maximum Gasteiger partial charge on any atom is 0.326 e. The van der Waals surface area contributed by atoms with Crippen LogP contribution in [0, 0.1) is 5.92 Å². The van der Waals surface area contributed by atoms with Crippen LogP contribution in [0.5, 0.6) is 0 Å². The average Bonchev–Trinajstić information content (AvgIpc) is 2.81. The molecule has 0 saturated heterocycles. The monoisotopic (exact) mass is 267 g/mol. The number of hydrogen-bond donors (Lipinski definition) is 2. The van der Waals surface area contributed by atoms with E-state index in [-0.39, 0.29) is 11.9 Å². The molecule has 0 spiro atoms. The molecule has 8 heteroatoms. The lowest BCUT2D eigenvalue weighted by Crippen LogP contribution is -2.51. The van der Waals surface area contributed by atoms with Crippen LogP contribution in [0.4, 0.5) is 4.79 Å². The molecule has 1 aliphatic heterocycles. The molecule has 19 heavy (non-hydrogen) atoms. The molecule has 2 amide bonds. The Morgan fingerprint density at radius 3 is 2.79 bits per heavy atom. The second-order valence-electron chi connectivity index (χ2n) is 4.87. The summed E-state index contributed by atoms with van der Waals surface area (Å²) in [6, 6.07) is -1.26. The Balaban J connectivity index is 2.00. The van der Waals surface area contributed by atoms with E-state index in [2.05, 4.69) is 15.5 Å². The molecule has 2 rings (SSSR count). The van der Waals surface area contributed by atoms with E-state index in [9.17, 15) is 9.59 Å². The zero-order valence-corrected chi connectivity index (χ0v) is 10.9. The highest BCUT2D eigenvalue weighted by atomic mass is 16.4. The van der Waals surface area contributed by atoms with Crippen LogP contribution in [-0.4, -0.2) is 49.4 Å². The van der Waals surface area contributed by atoms with Crippen molar-refractivity contribution < 1.29 is 14.7 Å². The summed E-state index contributed by atoms with van der Waals surface area (Å²) >= 11 is 0. The molecule has 0 saturated carbocycles. The van der Waals surface area contributed by atoms with Gasteiger partial charge in [-0.25, -0.2) is 9.59 Å². The molecule has 0 aliphatic carbocycles. The summed E-state index contributed by atoms with van der Waals surface area (Å²) in [5.41, 5.74) is 0. The van der Waals surface area contributed by atoms with Gasteiger partial charge in [-0.3, -0.25) is 0 Å². The Morgan fingerprint density at radius 2 is 2.16 bits per heavy atom. The van der Waals surface area contributed by atoms with Crippen LogP contribution in [0.3, 0.4) is 0 Å². The van der Waals surface area contributed by atoms with Crippen LogP contribution in [0.25, 0.3) is 0 Å². The Kier molecular flexibility index (Phi) is 3.68. The summed E-state index contributed by atoms with van der Waals surface area (Å²) < 4.78 is 1.88. The van der Waals surface area contributed by atoms with Crippen molar-refractivity contribution in [1.29, 1.82) is 0 Å². The summed E-state index contributed by atoms with van der Waals surface area (Å²) in [5, 5.41) is 19.3. The molecule has 0 aromatic carbocycles. The number of carbonyl (C=O) groups is 2. The number of nitrogens with one attached hydrogen (secondary N) is 1. The second kappa shape index (κ2) is 5.25. The first-order valence-electron chi connectivity index (χ1n) is 6.14. The van der Waals surface area contributed by atoms with Gasteiger partial charge in [0.25, 0.3) is 0 Å². The van der Waals surface area contributed by atoms with E-state index in [0.29, 0.717) is 25.5 Å². The van der Waals surface area contributed by atoms with Gasteiger partial charge < -0.3 is 19.9 Å². The number of amides is 2. The first-order chi connectivity index (χ1) is 8.99. The van der Waals surface area contributed by atoms with Gasteiger partial charge in [0, 0.05) is 13.1 Å². The molecular weight excluding hydrogens is 250 g/mol. The van der Waals surface area contributed by atoms with E-state index < -0.39 is 12.0 Å². The van der Waals surface area contributed by atoms with Gasteiger partial charge in [0.15, 0.2) is 5.82 Å². The summed E-state index contributed by atoms with van der Waals surface area (Å²) in [7, 11) is 0. The third kappa shape index (κ3) is 2.83. The largest absolute Gasteiger partial charge is 0.480 e. The zero-order chi connectivity index (χ0) is 14.0. The minimum atomic E-state index is -1.02. The number of aromatic nitrogens is 3. The van der Waals surface area contributed by atoms with Crippen LogP contribution in [0.15, 0.2) is 6.33 Å². The molecule has 2 N–H and O–H groups in total. The lowest BCUT2D eigenvalue weighted by atomic mass is 10.1. The van der Waals surface area contributed by atoms with E-state index in [4.69, 9.17) is 5.11 Å². The fourth-order valence-corrected chi connectivity index (χ4v) is 1.98. The van der Waals surface area contributed by atoms with Crippen molar-refractivity contribution in [2.45, 2.75) is 33.0 Å². The molecule has 1 aromatic rings. The quantitative estimate of drug-likeness (QED) is 0.797. The van der Waals surface area contributed by atoms with Crippen molar-refractivity contribution in [1.82, 2.24) is 25.0 Å². The van der Waals surface area contributed by atoms with E-state index in [0.717, 1.165) is 0 Å². The van der Waals surface area contributed by atoms with Gasteiger partial charge in [0.2, 0.25) is 0 Å². The van der Waals surface area contributed by atoms with E-state index in [1.54, 1.807) is 25.1 Å². The van der Waals surface area contributed by atoms with Crippen LogP contribution in [0.2, 0.25) is 0 Å². The lowest BCUT2D eigenvalue weighted by Gasteiger charge is -2.29. The predicted molar refractivity (Wildman–Crippen MR) is 65.2 cm³/mol. The normalized spacial score (nSPS) is 16.1. The Hall–Kier alpha value is -2.12. The van der Waals surface area contributed by atoms with Crippen LogP contribution in [-0.2, 0) is 17.9 Å². The molecule has 104 valence electrons. The van der Waals surface area contributed by atoms with Gasteiger partial charge in [0.05, 0.1) is 6.54 Å². The Labute approximate surface area is 110 Å². The van der Waals surface area contributed by atoms with E-state index in [1.165, 1.54) is 0 Å². The molecular formula is C11H17N5O3. The Bertz CT molecular complexity index is 484. The van der Waals surface area contributed by atoms with Crippen molar-refractivity contribution in [3.8, 4) is 0 Å². The maximum atomic E-state index is 12.0. The fraction of sp³-hybridized carbons (Fsp3) is 0.636. The van der Waals surface area contributed by atoms with Gasteiger partial charge in [-0.1, -0.05) is 13.8 Å². The fourth-order valence-electron chi connectivity index (χ4n) is 1.98. The summed E-state index contributed by atoms with van der Waals surface area (Å²) in [6.07, 6.45) is 1.62. The molecule has 1 aromatic heterocycles. The second-order valence-corrected chi connectivity index (χ2v) is 4.87. The highest BCUT2D eigenvalue weighted by molar-refractivity contribution is 5.82. The number of carbonyl (C=O) groups excluding carboxylic acids is 1. The number of aliphatic carboxylic acids is 1. The third-order valence-corrected chi connectivity index (χ3v) is 3.14. The molecule has 8 nitrogen and oxygen atoms in total.